The second-order valence-electron chi connectivity index (χ2n) is 5.60. The van der Waals surface area contributed by atoms with E-state index in [4.69, 9.17) is 9.29 Å². The molecule has 0 fully saturated rings. The molecule has 0 aliphatic heterocycles. The van der Waals surface area contributed by atoms with Crippen LogP contribution in [0.4, 0.5) is 17.6 Å². The molecule has 0 atom stereocenters. The SMILES string of the molecule is CCCCc1ccc(COc2c(F)c(F)c(S(=O)(=O)O)c(F)c2F)cc1. The summed E-state index contributed by atoms with van der Waals surface area (Å²) >= 11 is 0. The zero-order chi connectivity index (χ0) is 19.5. The lowest BCUT2D eigenvalue weighted by Crippen LogP contribution is -2.12. The highest BCUT2D eigenvalue weighted by molar-refractivity contribution is 7.85. The van der Waals surface area contributed by atoms with Crippen LogP contribution in [0.25, 0.3) is 0 Å². The first-order chi connectivity index (χ1) is 12.2. The summed E-state index contributed by atoms with van der Waals surface area (Å²) in [6.07, 6.45) is 2.90. The van der Waals surface area contributed by atoms with Gasteiger partial charge in [0.25, 0.3) is 0 Å². The van der Waals surface area contributed by atoms with E-state index in [2.05, 4.69) is 6.92 Å². The van der Waals surface area contributed by atoms with Crippen LogP contribution < -0.4 is 4.74 Å². The van der Waals surface area contributed by atoms with Gasteiger partial charge >= 0.3 is 10.1 Å². The first-order valence-corrected chi connectivity index (χ1v) is 9.14. The maximum atomic E-state index is 13.9. The highest BCUT2D eigenvalue weighted by Gasteiger charge is 2.33. The molecule has 26 heavy (non-hydrogen) atoms. The summed E-state index contributed by atoms with van der Waals surface area (Å²) in [7, 11) is -5.49. The molecular formula is C17H16F4O4S. The third-order valence-electron chi connectivity index (χ3n) is 3.67. The Morgan fingerprint density at radius 2 is 1.42 bits per heavy atom. The number of benzene rings is 2. The van der Waals surface area contributed by atoms with Gasteiger partial charge in [-0.3, -0.25) is 4.55 Å². The molecule has 2 aromatic carbocycles. The van der Waals surface area contributed by atoms with Crippen molar-refractivity contribution in [2.45, 2.75) is 37.7 Å². The molecule has 0 aromatic heterocycles. The van der Waals surface area contributed by atoms with Crippen molar-refractivity contribution >= 4 is 10.1 Å². The largest absolute Gasteiger partial charge is 0.483 e. The summed E-state index contributed by atoms with van der Waals surface area (Å²) in [6, 6.07) is 6.87. The molecule has 0 bridgehead atoms. The zero-order valence-electron chi connectivity index (χ0n) is 13.7. The topological polar surface area (TPSA) is 63.6 Å². The lowest BCUT2D eigenvalue weighted by Gasteiger charge is -2.12. The van der Waals surface area contributed by atoms with Crippen molar-refractivity contribution < 1.29 is 35.3 Å². The Morgan fingerprint density at radius 3 is 1.88 bits per heavy atom. The summed E-state index contributed by atoms with van der Waals surface area (Å²) in [5.41, 5.74) is 1.55. The average Bonchev–Trinajstić information content (AvgIpc) is 2.58. The van der Waals surface area contributed by atoms with Crippen molar-refractivity contribution in [2.24, 2.45) is 0 Å². The normalized spacial score (nSPS) is 11.6. The molecule has 4 nitrogen and oxygen atoms in total. The smallest absolute Gasteiger partial charge is 0.300 e. The van der Waals surface area contributed by atoms with Gasteiger partial charge in [-0.25, -0.2) is 8.78 Å². The maximum absolute atomic E-state index is 13.9. The van der Waals surface area contributed by atoms with Gasteiger partial charge in [0.2, 0.25) is 11.6 Å². The molecular weight excluding hydrogens is 376 g/mol. The summed E-state index contributed by atoms with van der Waals surface area (Å²) < 4.78 is 90.4. The van der Waals surface area contributed by atoms with Crippen LogP contribution in [-0.4, -0.2) is 13.0 Å². The van der Waals surface area contributed by atoms with E-state index in [1.54, 1.807) is 24.3 Å². The van der Waals surface area contributed by atoms with Crippen molar-refractivity contribution in [3.63, 3.8) is 0 Å². The Kier molecular flexibility index (Phi) is 6.25. The minimum absolute atomic E-state index is 0.397. The predicted octanol–water partition coefficient (Wildman–Crippen LogP) is 4.41. The molecule has 0 aliphatic carbocycles. The molecule has 9 heteroatoms. The van der Waals surface area contributed by atoms with Crippen molar-refractivity contribution in [2.75, 3.05) is 0 Å². The second kappa shape index (κ2) is 8.05. The highest BCUT2D eigenvalue weighted by Crippen LogP contribution is 2.32. The van der Waals surface area contributed by atoms with Gasteiger partial charge in [-0.2, -0.15) is 17.2 Å². The van der Waals surface area contributed by atoms with Crippen LogP contribution in [0.5, 0.6) is 5.75 Å². The van der Waals surface area contributed by atoms with E-state index < -0.39 is 50.6 Å². The number of halogens is 4. The van der Waals surface area contributed by atoms with Gasteiger partial charge in [-0.1, -0.05) is 37.6 Å². The van der Waals surface area contributed by atoms with Gasteiger partial charge in [-0.05, 0) is 24.0 Å². The van der Waals surface area contributed by atoms with Gasteiger partial charge < -0.3 is 4.74 Å². The Balaban J connectivity index is 2.25. The highest BCUT2D eigenvalue weighted by atomic mass is 32.2. The third-order valence-corrected chi connectivity index (χ3v) is 4.54. The average molecular weight is 392 g/mol. The van der Waals surface area contributed by atoms with E-state index in [0.717, 1.165) is 24.8 Å². The number of aryl methyl sites for hydroxylation is 1. The lowest BCUT2D eigenvalue weighted by atomic mass is 10.1. The van der Waals surface area contributed by atoms with E-state index in [1.807, 2.05) is 0 Å². The summed E-state index contributed by atoms with van der Waals surface area (Å²) in [5.74, 6) is -10.00. The van der Waals surface area contributed by atoms with Gasteiger partial charge in [0, 0.05) is 0 Å². The quantitative estimate of drug-likeness (QED) is 0.431. The molecule has 0 unspecified atom stereocenters. The minimum atomic E-state index is -5.49. The van der Waals surface area contributed by atoms with Crippen LogP contribution in [-0.2, 0) is 23.1 Å². The van der Waals surface area contributed by atoms with Crippen molar-refractivity contribution in [3.05, 3.63) is 58.7 Å². The van der Waals surface area contributed by atoms with E-state index >= 15 is 0 Å². The first kappa shape index (κ1) is 20.2. The van der Waals surface area contributed by atoms with E-state index in [-0.39, 0.29) is 0 Å². The minimum Gasteiger partial charge on any atom is -0.483 e. The fourth-order valence-corrected chi connectivity index (χ4v) is 2.92. The van der Waals surface area contributed by atoms with Crippen LogP contribution in [0.3, 0.4) is 0 Å². The Morgan fingerprint density at radius 1 is 0.923 bits per heavy atom. The number of ether oxygens (including phenoxy) is 1. The van der Waals surface area contributed by atoms with E-state index in [0.29, 0.717) is 5.56 Å². The molecule has 0 saturated carbocycles. The van der Waals surface area contributed by atoms with Crippen LogP contribution in [0.1, 0.15) is 30.9 Å². The number of hydrogen-bond donors (Lipinski definition) is 1. The predicted molar refractivity (Wildman–Crippen MR) is 85.5 cm³/mol. The zero-order valence-corrected chi connectivity index (χ0v) is 14.5. The van der Waals surface area contributed by atoms with Gasteiger partial charge in [-0.15, -0.1) is 0 Å². The number of unbranched alkanes of at least 4 members (excludes halogenated alkanes) is 1. The van der Waals surface area contributed by atoms with Gasteiger partial charge in [0.15, 0.2) is 22.3 Å². The fraction of sp³-hybridized carbons (Fsp3) is 0.294. The Hall–Kier alpha value is -2.13. The maximum Gasteiger partial charge on any atom is 0.300 e. The molecule has 142 valence electrons. The Bertz CT molecular complexity index is 867. The molecule has 2 aromatic rings. The molecule has 0 heterocycles. The Labute approximate surface area is 148 Å². The molecule has 0 amide bonds. The molecule has 0 saturated heterocycles. The summed E-state index contributed by atoms with van der Waals surface area (Å²) in [5, 5.41) is 0. The van der Waals surface area contributed by atoms with Crippen molar-refractivity contribution in [3.8, 4) is 5.75 Å². The van der Waals surface area contributed by atoms with Crippen molar-refractivity contribution in [1.29, 1.82) is 0 Å². The molecule has 0 radical (unpaired) electrons. The third kappa shape index (κ3) is 4.34. The fourth-order valence-electron chi connectivity index (χ4n) is 2.28. The molecule has 0 spiro atoms. The van der Waals surface area contributed by atoms with Crippen LogP contribution in [0, 0.1) is 23.3 Å². The lowest BCUT2D eigenvalue weighted by molar-refractivity contribution is 0.257. The standard InChI is InChI=1S/C17H16F4O4S/c1-2-3-4-10-5-7-11(8-6-10)9-25-16-12(18)14(20)17(26(22,23)24)15(21)13(16)19/h5-8H,2-4,9H2,1H3,(H,22,23,24). The van der Waals surface area contributed by atoms with Crippen LogP contribution in [0.2, 0.25) is 0 Å². The van der Waals surface area contributed by atoms with Crippen molar-refractivity contribution in [1.82, 2.24) is 0 Å². The number of rotatable bonds is 7. The monoisotopic (exact) mass is 392 g/mol. The van der Waals surface area contributed by atoms with E-state index in [9.17, 15) is 26.0 Å². The van der Waals surface area contributed by atoms with Gasteiger partial charge in [0.05, 0.1) is 0 Å². The first-order valence-electron chi connectivity index (χ1n) is 7.70. The second-order valence-corrected chi connectivity index (χ2v) is 6.96. The molecule has 0 aliphatic rings. The molecule has 1 N–H and O–H groups in total. The van der Waals surface area contributed by atoms with Crippen LogP contribution >= 0.6 is 0 Å². The summed E-state index contributed by atoms with van der Waals surface area (Å²) in [4.78, 5) is -2.10. The number of hydrogen-bond acceptors (Lipinski definition) is 3. The van der Waals surface area contributed by atoms with Crippen LogP contribution in [0.15, 0.2) is 29.2 Å². The summed E-state index contributed by atoms with van der Waals surface area (Å²) in [6.45, 7) is 1.66. The molecule has 2 rings (SSSR count). The van der Waals surface area contributed by atoms with E-state index in [1.165, 1.54) is 0 Å². The van der Waals surface area contributed by atoms with Gasteiger partial charge in [0.1, 0.15) is 6.61 Å².